The third-order valence-corrected chi connectivity index (χ3v) is 11.5. The van der Waals surface area contributed by atoms with Crippen molar-refractivity contribution in [2.24, 2.45) is 0 Å². The standard InChI is InChI=1S/C21H20FNO3S.C13H15NS.C8H6FIO3/c1-25-21(24)18-12-17(22)10-16-11-19(26-20(16)18)15-4-2-14(3-5-15)13-23-6-8-27-9-7-23;1-2-12-3-5-13(6-4-12)11-14-7-9-15-10-8-14;1-13-8(12)5-2-4(9)3-6(10)7(5)11/h2-5,10-12H,6-9,13H2,1H3;1,3-6H,7-11H2;2-3,11H,1H3. The van der Waals surface area contributed by atoms with Gasteiger partial charge in [-0.1, -0.05) is 42.3 Å². The van der Waals surface area contributed by atoms with Gasteiger partial charge >= 0.3 is 11.9 Å². The van der Waals surface area contributed by atoms with Gasteiger partial charge in [0.25, 0.3) is 0 Å². The SMILES string of the molecule is C#Cc1ccc(CN2CCSCC2)cc1.COC(=O)c1cc(F)cc(I)c1O.COC(=O)c1cc(F)cc2cc(-c3ccc(CN4CCSCC4)cc3)oc12. The summed E-state index contributed by atoms with van der Waals surface area (Å²) < 4.78 is 41.8. The van der Waals surface area contributed by atoms with Crippen LogP contribution in [0.1, 0.15) is 37.4 Å². The van der Waals surface area contributed by atoms with Crippen molar-refractivity contribution in [3.63, 3.8) is 0 Å². The summed E-state index contributed by atoms with van der Waals surface area (Å²) in [6, 6.07) is 22.8. The Morgan fingerprint density at radius 1 is 0.782 bits per heavy atom. The first kappa shape index (κ1) is 42.1. The van der Waals surface area contributed by atoms with E-state index in [1.807, 2.05) is 47.8 Å². The van der Waals surface area contributed by atoms with E-state index in [2.05, 4.69) is 44.7 Å². The van der Waals surface area contributed by atoms with Gasteiger partial charge in [0, 0.05) is 78.8 Å². The minimum absolute atomic E-state index is 0.0957. The van der Waals surface area contributed by atoms with E-state index in [0.29, 0.717) is 16.7 Å². The van der Waals surface area contributed by atoms with Gasteiger partial charge < -0.3 is 19.0 Å². The lowest BCUT2D eigenvalue weighted by molar-refractivity contribution is 0.0589. The molecule has 7 rings (SSSR count). The van der Waals surface area contributed by atoms with Gasteiger partial charge in [-0.05, 0) is 76.2 Å². The number of benzene rings is 4. The fourth-order valence-corrected chi connectivity index (χ4v) is 8.41. The number of methoxy groups -OCH3 is 2. The molecule has 5 aromatic rings. The minimum Gasteiger partial charge on any atom is -0.506 e. The maximum atomic E-state index is 13.8. The van der Waals surface area contributed by atoms with Gasteiger partial charge in [-0.25, -0.2) is 18.4 Å². The van der Waals surface area contributed by atoms with Crippen molar-refractivity contribution >= 4 is 69.0 Å². The number of ether oxygens (including phenoxy) is 2. The number of aromatic hydroxyl groups is 1. The zero-order valence-corrected chi connectivity index (χ0v) is 34.3. The number of phenols is 1. The lowest BCUT2D eigenvalue weighted by atomic mass is 10.1. The molecule has 0 radical (unpaired) electrons. The summed E-state index contributed by atoms with van der Waals surface area (Å²) in [5.41, 5.74) is 4.75. The fourth-order valence-electron chi connectivity index (χ4n) is 5.87. The van der Waals surface area contributed by atoms with Gasteiger partial charge in [-0.2, -0.15) is 23.5 Å². The summed E-state index contributed by atoms with van der Waals surface area (Å²) in [6.45, 7) is 6.67. The summed E-state index contributed by atoms with van der Waals surface area (Å²) in [5.74, 6) is 5.45. The third-order valence-electron chi connectivity index (χ3n) is 8.80. The molecule has 288 valence electrons. The first-order valence-corrected chi connectivity index (χ1v) is 20.8. The van der Waals surface area contributed by atoms with Crippen molar-refractivity contribution in [2.75, 3.05) is 63.4 Å². The highest BCUT2D eigenvalue weighted by atomic mass is 127. The van der Waals surface area contributed by atoms with Crippen LogP contribution in [0.3, 0.4) is 0 Å². The van der Waals surface area contributed by atoms with E-state index in [1.54, 1.807) is 28.7 Å². The predicted molar refractivity (Wildman–Crippen MR) is 225 cm³/mol. The number of hydrogen-bond acceptors (Lipinski definition) is 10. The highest BCUT2D eigenvalue weighted by Crippen LogP contribution is 2.32. The molecule has 2 fully saturated rings. The molecule has 2 aliphatic rings. The first-order chi connectivity index (χ1) is 26.6. The summed E-state index contributed by atoms with van der Waals surface area (Å²) in [6.07, 6.45) is 5.32. The Hall–Kier alpha value is -4.07. The van der Waals surface area contributed by atoms with E-state index < -0.39 is 23.6 Å². The highest BCUT2D eigenvalue weighted by molar-refractivity contribution is 14.1. The summed E-state index contributed by atoms with van der Waals surface area (Å²) >= 11 is 5.78. The Balaban J connectivity index is 0.000000175. The van der Waals surface area contributed by atoms with E-state index in [1.165, 1.54) is 67.5 Å². The molecule has 0 spiro atoms. The van der Waals surface area contributed by atoms with Crippen LogP contribution in [-0.4, -0.2) is 90.3 Å². The number of halogens is 3. The summed E-state index contributed by atoms with van der Waals surface area (Å²) in [4.78, 5) is 27.8. The van der Waals surface area contributed by atoms with Gasteiger partial charge in [0.05, 0.1) is 17.8 Å². The monoisotopic (exact) mass is 898 g/mol. The molecule has 4 aromatic carbocycles. The van der Waals surface area contributed by atoms with Crippen molar-refractivity contribution in [3.05, 3.63) is 122 Å². The molecule has 13 heteroatoms. The number of phenolic OH excluding ortho intramolecular Hbond substituents is 1. The number of esters is 2. The lowest BCUT2D eigenvalue weighted by Gasteiger charge is -2.26. The van der Waals surface area contributed by atoms with Crippen LogP contribution in [-0.2, 0) is 22.6 Å². The van der Waals surface area contributed by atoms with Crippen molar-refractivity contribution in [1.29, 1.82) is 0 Å². The maximum absolute atomic E-state index is 13.8. The molecular formula is C42H41F2IN2O6S2. The van der Waals surface area contributed by atoms with E-state index in [-0.39, 0.29) is 20.4 Å². The van der Waals surface area contributed by atoms with E-state index >= 15 is 0 Å². The van der Waals surface area contributed by atoms with E-state index in [0.717, 1.165) is 55.5 Å². The fraction of sp³-hybridized carbons (Fsp3) is 0.286. The first-order valence-electron chi connectivity index (χ1n) is 17.4. The number of fused-ring (bicyclic) bond motifs is 1. The second kappa shape index (κ2) is 20.7. The highest BCUT2D eigenvalue weighted by Gasteiger charge is 2.19. The number of carbonyl (C=O) groups is 2. The van der Waals surface area contributed by atoms with Crippen LogP contribution in [0.4, 0.5) is 8.78 Å². The van der Waals surface area contributed by atoms with E-state index in [9.17, 15) is 23.5 Å². The summed E-state index contributed by atoms with van der Waals surface area (Å²) in [5, 5.41) is 9.89. The molecular weight excluding hydrogens is 858 g/mol. The molecule has 3 heterocycles. The average molecular weight is 899 g/mol. The number of rotatable bonds is 7. The topological polar surface area (TPSA) is 92.4 Å². The molecule has 2 aliphatic heterocycles. The molecule has 0 amide bonds. The van der Waals surface area contributed by atoms with Crippen LogP contribution in [0, 0.1) is 27.5 Å². The lowest BCUT2D eigenvalue weighted by Crippen LogP contribution is -2.31. The molecule has 1 aromatic heterocycles. The quantitative estimate of drug-likeness (QED) is 0.0973. The Morgan fingerprint density at radius 2 is 1.27 bits per heavy atom. The number of hydrogen-bond donors (Lipinski definition) is 1. The van der Waals surface area contributed by atoms with Crippen molar-refractivity contribution < 1.29 is 37.4 Å². The molecule has 0 aliphatic carbocycles. The van der Waals surface area contributed by atoms with Crippen LogP contribution in [0.2, 0.25) is 0 Å². The normalized spacial score (nSPS) is 14.5. The number of terminal acetylenes is 1. The smallest absolute Gasteiger partial charge is 0.341 e. The Bertz CT molecular complexity index is 2110. The molecule has 1 N–H and O–H groups in total. The molecule has 0 atom stereocenters. The molecule has 0 bridgehead atoms. The van der Waals surface area contributed by atoms with Crippen LogP contribution in [0.15, 0.2) is 83.3 Å². The van der Waals surface area contributed by atoms with Crippen molar-refractivity contribution in [3.8, 4) is 29.4 Å². The number of nitrogens with zero attached hydrogens (tertiary/aromatic N) is 2. The predicted octanol–water partition coefficient (Wildman–Crippen LogP) is 8.71. The largest absolute Gasteiger partial charge is 0.506 e. The average Bonchev–Trinajstić information content (AvgIpc) is 3.64. The van der Waals surface area contributed by atoms with Gasteiger partial charge in [-0.15, -0.1) is 6.42 Å². The maximum Gasteiger partial charge on any atom is 0.341 e. The minimum atomic E-state index is -0.755. The van der Waals surface area contributed by atoms with Gasteiger partial charge in [0.2, 0.25) is 0 Å². The third kappa shape index (κ3) is 12.0. The zero-order chi connectivity index (χ0) is 39.3. The molecule has 2 saturated heterocycles. The Kier molecular flexibility index (Phi) is 15.9. The van der Waals surface area contributed by atoms with Crippen LogP contribution >= 0.6 is 46.1 Å². The van der Waals surface area contributed by atoms with Crippen LogP contribution < -0.4 is 0 Å². The van der Waals surface area contributed by atoms with Crippen LogP contribution in [0.5, 0.6) is 5.75 Å². The summed E-state index contributed by atoms with van der Waals surface area (Å²) in [7, 11) is 2.43. The number of thioether (sulfide) groups is 2. The van der Waals surface area contributed by atoms with Gasteiger partial charge in [0.1, 0.15) is 39.9 Å². The van der Waals surface area contributed by atoms with Crippen LogP contribution in [0.25, 0.3) is 22.3 Å². The Morgan fingerprint density at radius 3 is 1.80 bits per heavy atom. The number of furan rings is 1. The van der Waals surface area contributed by atoms with E-state index in [4.69, 9.17) is 15.6 Å². The van der Waals surface area contributed by atoms with Crippen molar-refractivity contribution in [2.45, 2.75) is 13.1 Å². The van der Waals surface area contributed by atoms with Gasteiger partial charge in [-0.3, -0.25) is 9.80 Å². The van der Waals surface area contributed by atoms with Gasteiger partial charge in [0.15, 0.2) is 0 Å². The molecule has 0 saturated carbocycles. The second-order valence-corrected chi connectivity index (χ2v) is 16.2. The molecule has 55 heavy (non-hydrogen) atoms. The molecule has 0 unspecified atom stereocenters. The molecule has 8 nitrogen and oxygen atoms in total. The number of carbonyl (C=O) groups excluding carboxylic acids is 2. The zero-order valence-electron chi connectivity index (χ0n) is 30.5. The van der Waals surface area contributed by atoms with Crippen molar-refractivity contribution in [1.82, 2.24) is 9.80 Å². The second-order valence-electron chi connectivity index (χ2n) is 12.6. The Labute approximate surface area is 342 Å².